The third-order valence-corrected chi connectivity index (χ3v) is 6.57. The van der Waals surface area contributed by atoms with Gasteiger partial charge >= 0.3 is 0 Å². The maximum Gasteiger partial charge on any atom is 0.242 e. The van der Waals surface area contributed by atoms with Crippen molar-refractivity contribution in [2.24, 2.45) is 0 Å². The molecule has 0 bridgehead atoms. The molecule has 1 atom stereocenters. The molecule has 0 aliphatic carbocycles. The third-order valence-electron chi connectivity index (χ3n) is 5.13. The molecular formula is C25H34ClN3O4S. The second-order valence-electron chi connectivity index (χ2n) is 9.34. The molecule has 34 heavy (non-hydrogen) atoms. The topological polar surface area (TPSA) is 86.8 Å². The number of amides is 2. The maximum atomic E-state index is 13.2. The number of hydrogen-bond donors (Lipinski definition) is 1. The molecule has 186 valence electrons. The van der Waals surface area contributed by atoms with Crippen LogP contribution in [0.15, 0.2) is 54.6 Å². The van der Waals surface area contributed by atoms with E-state index in [0.29, 0.717) is 17.1 Å². The van der Waals surface area contributed by atoms with Gasteiger partial charge in [-0.1, -0.05) is 41.9 Å². The van der Waals surface area contributed by atoms with Crippen LogP contribution in [0, 0.1) is 0 Å². The first-order valence-corrected chi connectivity index (χ1v) is 13.4. The molecule has 1 N–H and O–H groups in total. The van der Waals surface area contributed by atoms with E-state index in [-0.39, 0.29) is 31.3 Å². The van der Waals surface area contributed by atoms with Crippen LogP contribution in [0.3, 0.4) is 0 Å². The van der Waals surface area contributed by atoms with Crippen LogP contribution in [0.2, 0.25) is 5.02 Å². The monoisotopic (exact) mass is 507 g/mol. The fourth-order valence-electron chi connectivity index (χ4n) is 3.45. The van der Waals surface area contributed by atoms with E-state index in [2.05, 4.69) is 5.32 Å². The van der Waals surface area contributed by atoms with Crippen LogP contribution in [0.25, 0.3) is 0 Å². The predicted molar refractivity (Wildman–Crippen MR) is 137 cm³/mol. The van der Waals surface area contributed by atoms with Crippen LogP contribution < -0.4 is 9.62 Å². The maximum absolute atomic E-state index is 13.2. The van der Waals surface area contributed by atoms with E-state index in [1.54, 1.807) is 36.1 Å². The Kier molecular flexibility index (Phi) is 9.53. The van der Waals surface area contributed by atoms with Gasteiger partial charge < -0.3 is 10.2 Å². The van der Waals surface area contributed by atoms with Gasteiger partial charge in [0.25, 0.3) is 0 Å². The highest BCUT2D eigenvalue weighted by Crippen LogP contribution is 2.21. The minimum Gasteiger partial charge on any atom is -0.350 e. The number of carbonyl (C=O) groups excluding carboxylic acids is 2. The van der Waals surface area contributed by atoms with Gasteiger partial charge in [0, 0.05) is 30.1 Å². The van der Waals surface area contributed by atoms with Gasteiger partial charge in [-0.15, -0.1) is 0 Å². The van der Waals surface area contributed by atoms with Crippen molar-refractivity contribution in [3.8, 4) is 0 Å². The number of rotatable bonds is 10. The van der Waals surface area contributed by atoms with E-state index in [1.165, 1.54) is 4.31 Å². The van der Waals surface area contributed by atoms with E-state index < -0.39 is 21.6 Å². The molecular weight excluding hydrogens is 474 g/mol. The Morgan fingerprint density at radius 3 is 2.15 bits per heavy atom. The van der Waals surface area contributed by atoms with E-state index >= 15 is 0 Å². The molecule has 0 aliphatic heterocycles. The summed E-state index contributed by atoms with van der Waals surface area (Å²) in [5.74, 6) is -0.458. The Morgan fingerprint density at radius 2 is 1.62 bits per heavy atom. The number of halogens is 1. The molecule has 1 unspecified atom stereocenters. The molecule has 0 saturated carbocycles. The average Bonchev–Trinajstić information content (AvgIpc) is 2.74. The molecule has 2 rings (SSSR count). The zero-order valence-electron chi connectivity index (χ0n) is 20.4. The van der Waals surface area contributed by atoms with E-state index in [4.69, 9.17) is 11.6 Å². The van der Waals surface area contributed by atoms with Crippen molar-refractivity contribution >= 4 is 39.1 Å². The van der Waals surface area contributed by atoms with Crippen molar-refractivity contribution < 1.29 is 18.0 Å². The van der Waals surface area contributed by atoms with Crippen LogP contribution in [0.5, 0.6) is 0 Å². The summed E-state index contributed by atoms with van der Waals surface area (Å²) in [5.41, 5.74) is 0.963. The largest absolute Gasteiger partial charge is 0.350 e. The molecule has 2 aromatic carbocycles. The van der Waals surface area contributed by atoms with Gasteiger partial charge in [-0.05, 0) is 63.9 Å². The van der Waals surface area contributed by atoms with Crippen molar-refractivity contribution in [2.45, 2.75) is 58.7 Å². The first-order valence-electron chi connectivity index (χ1n) is 11.2. The normalized spacial score (nSPS) is 12.6. The molecule has 0 saturated heterocycles. The fourth-order valence-corrected chi connectivity index (χ4v) is 4.54. The molecule has 0 radical (unpaired) electrons. The number of benzene rings is 2. The lowest BCUT2D eigenvalue weighted by atomic mass is 10.1. The smallest absolute Gasteiger partial charge is 0.242 e. The van der Waals surface area contributed by atoms with Crippen molar-refractivity contribution in [3.63, 3.8) is 0 Å². The Morgan fingerprint density at radius 1 is 1.03 bits per heavy atom. The van der Waals surface area contributed by atoms with Crippen LogP contribution >= 0.6 is 11.6 Å². The molecule has 0 fully saturated rings. The van der Waals surface area contributed by atoms with Gasteiger partial charge in [0.2, 0.25) is 21.8 Å². The van der Waals surface area contributed by atoms with E-state index in [1.807, 2.05) is 51.1 Å². The van der Waals surface area contributed by atoms with Crippen molar-refractivity contribution in [1.29, 1.82) is 0 Å². The minimum absolute atomic E-state index is 0.0968. The minimum atomic E-state index is -3.55. The fraction of sp³-hybridized carbons (Fsp3) is 0.440. The van der Waals surface area contributed by atoms with Crippen LogP contribution in [-0.2, 0) is 26.2 Å². The van der Waals surface area contributed by atoms with Crippen molar-refractivity contribution in [3.05, 3.63) is 65.2 Å². The summed E-state index contributed by atoms with van der Waals surface area (Å²) in [7, 11) is -3.55. The molecule has 0 aliphatic rings. The molecule has 9 heteroatoms. The van der Waals surface area contributed by atoms with E-state index in [0.717, 1.165) is 11.8 Å². The number of carbonyl (C=O) groups is 2. The SMILES string of the molecule is CC(C(=O)NC(C)(C)C)N(Cc1ccccc1)C(=O)CCCN(c1ccc(Cl)cc1)S(C)(=O)=O. The second kappa shape index (κ2) is 11.7. The van der Waals surface area contributed by atoms with Crippen LogP contribution in [0.4, 0.5) is 5.69 Å². The molecule has 0 aromatic heterocycles. The molecule has 7 nitrogen and oxygen atoms in total. The standard InChI is InChI=1S/C25H34ClN3O4S/c1-19(24(31)27-25(2,3)4)28(18-20-10-7-6-8-11-20)23(30)12-9-17-29(34(5,32)33)22-15-13-21(26)14-16-22/h6-8,10-11,13-16,19H,9,12,17-18H2,1-5H3,(H,27,31). The van der Waals surface area contributed by atoms with Gasteiger partial charge in [-0.3, -0.25) is 13.9 Å². The molecule has 0 heterocycles. The Balaban J connectivity index is 2.15. The van der Waals surface area contributed by atoms with Crippen molar-refractivity contribution in [2.75, 3.05) is 17.1 Å². The quantitative estimate of drug-likeness (QED) is 0.521. The lowest BCUT2D eigenvalue weighted by molar-refractivity contribution is -0.141. The summed E-state index contributed by atoms with van der Waals surface area (Å²) in [6.45, 7) is 7.78. The third kappa shape index (κ3) is 8.65. The number of nitrogens with zero attached hydrogens (tertiary/aromatic N) is 2. The highest BCUT2D eigenvalue weighted by Gasteiger charge is 2.28. The summed E-state index contributed by atoms with van der Waals surface area (Å²) in [5, 5.41) is 3.44. The Hall–Kier alpha value is -2.58. The summed E-state index contributed by atoms with van der Waals surface area (Å²) in [4.78, 5) is 27.6. The molecule has 0 spiro atoms. The second-order valence-corrected chi connectivity index (χ2v) is 11.7. The highest BCUT2D eigenvalue weighted by atomic mass is 35.5. The van der Waals surface area contributed by atoms with Gasteiger partial charge in [-0.25, -0.2) is 8.42 Å². The summed E-state index contributed by atoms with van der Waals surface area (Å²) in [6, 6.07) is 15.3. The number of nitrogens with one attached hydrogen (secondary N) is 1. The number of hydrogen-bond acceptors (Lipinski definition) is 4. The summed E-state index contributed by atoms with van der Waals surface area (Å²) in [6.07, 6.45) is 1.52. The van der Waals surface area contributed by atoms with Gasteiger partial charge in [0.1, 0.15) is 6.04 Å². The van der Waals surface area contributed by atoms with Gasteiger partial charge in [0.05, 0.1) is 11.9 Å². The Bertz CT molecular complexity index is 1070. The lowest BCUT2D eigenvalue weighted by Crippen LogP contribution is -2.52. The zero-order chi connectivity index (χ0) is 25.5. The number of sulfonamides is 1. The van der Waals surface area contributed by atoms with E-state index in [9.17, 15) is 18.0 Å². The van der Waals surface area contributed by atoms with Gasteiger partial charge in [-0.2, -0.15) is 0 Å². The number of anilines is 1. The van der Waals surface area contributed by atoms with Crippen LogP contribution in [-0.4, -0.2) is 49.5 Å². The molecule has 2 aromatic rings. The summed E-state index contributed by atoms with van der Waals surface area (Å²) >= 11 is 5.92. The van der Waals surface area contributed by atoms with Gasteiger partial charge in [0.15, 0.2) is 0 Å². The zero-order valence-corrected chi connectivity index (χ0v) is 22.0. The average molecular weight is 508 g/mol. The Labute approximate surface area is 208 Å². The predicted octanol–water partition coefficient (Wildman–Crippen LogP) is 4.22. The lowest BCUT2D eigenvalue weighted by Gasteiger charge is -2.32. The van der Waals surface area contributed by atoms with Crippen molar-refractivity contribution in [1.82, 2.24) is 10.2 Å². The highest BCUT2D eigenvalue weighted by molar-refractivity contribution is 7.92. The van der Waals surface area contributed by atoms with Crippen LogP contribution in [0.1, 0.15) is 46.1 Å². The first kappa shape index (κ1) is 27.7. The summed E-state index contributed by atoms with van der Waals surface area (Å²) < 4.78 is 25.9. The first-order chi connectivity index (χ1) is 15.8. The molecule has 2 amide bonds.